The molecule has 0 amide bonds. The van der Waals surface area contributed by atoms with Crippen LogP contribution in [0.2, 0.25) is 0 Å². The van der Waals surface area contributed by atoms with Gasteiger partial charge in [-0.05, 0) is 56.0 Å². The minimum Gasteiger partial charge on any atom is -0.378 e. The molecule has 1 heterocycles. The van der Waals surface area contributed by atoms with Crippen molar-refractivity contribution in [1.82, 2.24) is 0 Å². The van der Waals surface area contributed by atoms with Crippen LogP contribution < -0.4 is 0 Å². The van der Waals surface area contributed by atoms with Gasteiger partial charge in [-0.1, -0.05) is 15.9 Å². The number of benzene rings is 1. The lowest BCUT2D eigenvalue weighted by Crippen LogP contribution is -2.17. The second-order valence-electron chi connectivity index (χ2n) is 4.88. The molecule has 0 aromatic heterocycles. The molecule has 2 rings (SSSR count). The lowest BCUT2D eigenvalue weighted by molar-refractivity contribution is 0.105. The van der Waals surface area contributed by atoms with E-state index in [1.54, 1.807) is 12.1 Å². The van der Waals surface area contributed by atoms with Gasteiger partial charge < -0.3 is 4.74 Å². The molecule has 1 saturated heterocycles. The summed E-state index contributed by atoms with van der Waals surface area (Å²) in [6, 6.07) is 3.22. The summed E-state index contributed by atoms with van der Waals surface area (Å²) < 4.78 is 18.9. The molecule has 1 fully saturated rings. The van der Waals surface area contributed by atoms with Crippen molar-refractivity contribution in [3.8, 4) is 0 Å². The van der Waals surface area contributed by atoms with Crippen LogP contribution in [0.1, 0.15) is 34.9 Å². The molecule has 1 nitrogen and oxygen atoms in total. The van der Waals surface area contributed by atoms with E-state index in [9.17, 15) is 4.39 Å². The Bertz CT molecular complexity index is 396. The van der Waals surface area contributed by atoms with Crippen LogP contribution in [0, 0.1) is 25.6 Å². The second kappa shape index (κ2) is 5.07. The van der Waals surface area contributed by atoms with Crippen LogP contribution >= 0.6 is 15.9 Å². The minimum atomic E-state index is -0.154. The van der Waals surface area contributed by atoms with Crippen molar-refractivity contribution in [1.29, 1.82) is 0 Å². The quantitative estimate of drug-likeness (QED) is 0.740. The van der Waals surface area contributed by atoms with Crippen LogP contribution in [0.15, 0.2) is 12.1 Å². The number of aryl methyl sites for hydroxylation is 2. The molecule has 0 aliphatic carbocycles. The topological polar surface area (TPSA) is 9.23 Å². The predicted molar refractivity (Wildman–Crippen MR) is 71.1 cm³/mol. The van der Waals surface area contributed by atoms with E-state index in [0.29, 0.717) is 5.92 Å². The fourth-order valence-corrected chi connectivity index (χ4v) is 4.12. The van der Waals surface area contributed by atoms with Gasteiger partial charge in [0, 0.05) is 17.4 Å². The average molecular weight is 301 g/mol. The summed E-state index contributed by atoms with van der Waals surface area (Å²) in [5, 5.41) is 0. The smallest absolute Gasteiger partial charge is 0.123 e. The summed E-state index contributed by atoms with van der Waals surface area (Å²) in [5.41, 5.74) is 3.25. The van der Waals surface area contributed by atoms with Crippen molar-refractivity contribution in [2.24, 2.45) is 5.92 Å². The maximum Gasteiger partial charge on any atom is 0.123 e. The van der Waals surface area contributed by atoms with Crippen molar-refractivity contribution in [3.63, 3.8) is 0 Å². The van der Waals surface area contributed by atoms with Crippen molar-refractivity contribution in [2.45, 2.75) is 38.1 Å². The minimum absolute atomic E-state index is 0.154. The lowest BCUT2D eigenvalue weighted by atomic mass is 9.89. The Kier molecular flexibility index (Phi) is 3.88. The van der Waals surface area contributed by atoms with Gasteiger partial charge in [-0.3, -0.25) is 0 Å². The zero-order valence-corrected chi connectivity index (χ0v) is 12.1. The molecule has 0 spiro atoms. The highest BCUT2D eigenvalue weighted by atomic mass is 79.9. The molecule has 1 aromatic rings. The van der Waals surface area contributed by atoms with Crippen LogP contribution in [0.5, 0.6) is 0 Å². The Hall–Kier alpha value is -0.410. The third-order valence-electron chi connectivity index (χ3n) is 3.65. The lowest BCUT2D eigenvalue weighted by Gasteiger charge is -2.24. The van der Waals surface area contributed by atoms with Gasteiger partial charge in [0.15, 0.2) is 0 Å². The molecule has 1 aliphatic heterocycles. The summed E-state index contributed by atoms with van der Waals surface area (Å²) in [5.74, 6) is 0.317. The zero-order valence-electron chi connectivity index (χ0n) is 10.5. The first-order valence-corrected chi connectivity index (χ1v) is 6.94. The van der Waals surface area contributed by atoms with E-state index in [1.165, 1.54) is 5.56 Å². The monoisotopic (exact) mass is 300 g/mol. The summed E-state index contributed by atoms with van der Waals surface area (Å²) in [7, 11) is 0. The molecule has 1 aliphatic rings. The Morgan fingerprint density at radius 2 is 1.94 bits per heavy atom. The molecule has 0 radical (unpaired) electrons. The van der Waals surface area contributed by atoms with Crippen molar-refractivity contribution < 1.29 is 9.13 Å². The van der Waals surface area contributed by atoms with Gasteiger partial charge in [-0.25, -0.2) is 4.39 Å². The molecule has 3 heteroatoms. The van der Waals surface area contributed by atoms with Crippen LogP contribution in [0.3, 0.4) is 0 Å². The standard InChI is InChI=1S/C14H18BrFO/c1-8-6-11(16)7-9(2)13(8)14(15)12-4-5-17-10(12)3/h6-7,10,12,14H,4-5H2,1-3H3. The summed E-state index contributed by atoms with van der Waals surface area (Å²) in [6.07, 6.45) is 1.33. The first-order valence-electron chi connectivity index (χ1n) is 6.03. The molecule has 0 saturated carbocycles. The fraction of sp³-hybridized carbons (Fsp3) is 0.571. The molecule has 17 heavy (non-hydrogen) atoms. The van der Waals surface area contributed by atoms with E-state index in [0.717, 1.165) is 24.2 Å². The number of hydrogen-bond donors (Lipinski definition) is 0. The third kappa shape index (κ3) is 2.55. The zero-order chi connectivity index (χ0) is 12.6. The first-order chi connectivity index (χ1) is 8.00. The van der Waals surface area contributed by atoms with Crippen LogP contribution in [0.4, 0.5) is 4.39 Å². The molecule has 1 aromatic carbocycles. The van der Waals surface area contributed by atoms with E-state index in [2.05, 4.69) is 22.9 Å². The summed E-state index contributed by atoms with van der Waals surface area (Å²) in [4.78, 5) is 0.251. The van der Waals surface area contributed by atoms with Crippen LogP contribution in [0.25, 0.3) is 0 Å². The van der Waals surface area contributed by atoms with E-state index in [4.69, 9.17) is 4.74 Å². The number of ether oxygens (including phenoxy) is 1. The predicted octanol–water partition coefficient (Wildman–Crippen LogP) is 4.30. The molecular weight excluding hydrogens is 283 g/mol. The Balaban J connectivity index is 2.33. The van der Waals surface area contributed by atoms with Crippen LogP contribution in [-0.2, 0) is 4.74 Å². The van der Waals surface area contributed by atoms with Crippen molar-refractivity contribution in [2.75, 3.05) is 6.61 Å². The number of rotatable bonds is 2. The van der Waals surface area contributed by atoms with Gasteiger partial charge >= 0.3 is 0 Å². The molecule has 3 unspecified atom stereocenters. The fourth-order valence-electron chi connectivity index (χ4n) is 2.70. The summed E-state index contributed by atoms with van der Waals surface area (Å²) >= 11 is 3.78. The Morgan fingerprint density at radius 3 is 2.41 bits per heavy atom. The Labute approximate surface area is 110 Å². The first kappa shape index (κ1) is 13.0. The van der Waals surface area contributed by atoms with Gasteiger partial charge in [0.25, 0.3) is 0 Å². The largest absolute Gasteiger partial charge is 0.378 e. The van der Waals surface area contributed by atoms with Crippen molar-refractivity contribution in [3.05, 3.63) is 34.6 Å². The number of hydrogen-bond acceptors (Lipinski definition) is 1. The van der Waals surface area contributed by atoms with E-state index in [1.807, 2.05) is 13.8 Å². The molecule has 0 N–H and O–H groups in total. The Morgan fingerprint density at radius 1 is 1.35 bits per heavy atom. The normalized spacial score (nSPS) is 26.2. The SMILES string of the molecule is Cc1cc(F)cc(C)c1C(Br)C1CCOC1C. The van der Waals surface area contributed by atoms with Crippen LogP contribution in [-0.4, -0.2) is 12.7 Å². The third-order valence-corrected chi connectivity index (χ3v) is 4.78. The van der Waals surface area contributed by atoms with E-state index >= 15 is 0 Å². The highest BCUT2D eigenvalue weighted by molar-refractivity contribution is 9.09. The van der Waals surface area contributed by atoms with E-state index in [-0.39, 0.29) is 16.7 Å². The second-order valence-corrected chi connectivity index (χ2v) is 5.87. The summed E-state index contributed by atoms with van der Waals surface area (Å²) in [6.45, 7) is 6.88. The number of halogens is 2. The van der Waals surface area contributed by atoms with Gasteiger partial charge in [-0.15, -0.1) is 0 Å². The molecule has 3 atom stereocenters. The molecule has 94 valence electrons. The molecule has 0 bridgehead atoms. The average Bonchev–Trinajstić information content (AvgIpc) is 2.62. The van der Waals surface area contributed by atoms with Gasteiger partial charge in [0.1, 0.15) is 5.82 Å². The highest BCUT2D eigenvalue weighted by Gasteiger charge is 2.32. The molecular formula is C14H18BrFO. The maximum absolute atomic E-state index is 13.3. The van der Waals surface area contributed by atoms with Gasteiger partial charge in [0.05, 0.1) is 6.10 Å². The number of alkyl halides is 1. The van der Waals surface area contributed by atoms with Gasteiger partial charge in [0.2, 0.25) is 0 Å². The maximum atomic E-state index is 13.3. The highest BCUT2D eigenvalue weighted by Crippen LogP contribution is 2.41. The van der Waals surface area contributed by atoms with Crippen molar-refractivity contribution >= 4 is 15.9 Å². The van der Waals surface area contributed by atoms with E-state index < -0.39 is 0 Å². The van der Waals surface area contributed by atoms with Gasteiger partial charge in [-0.2, -0.15) is 0 Å².